The molecule has 1 saturated carbocycles. The average Bonchev–Trinajstić information content (AvgIpc) is 3.49. The van der Waals surface area contributed by atoms with Gasteiger partial charge in [-0.1, -0.05) is 0 Å². The van der Waals surface area contributed by atoms with Crippen molar-refractivity contribution >= 4 is 11.8 Å². The number of rotatable bonds is 8. The van der Waals surface area contributed by atoms with E-state index in [1.165, 1.54) is 12.3 Å². The summed E-state index contributed by atoms with van der Waals surface area (Å²) in [4.78, 5) is 28.2. The first-order chi connectivity index (χ1) is 12.7. The van der Waals surface area contributed by atoms with Crippen molar-refractivity contribution in [3.8, 4) is 11.5 Å². The molecule has 1 fully saturated rings. The molecule has 1 heterocycles. The van der Waals surface area contributed by atoms with Crippen LogP contribution in [0.15, 0.2) is 42.6 Å². The number of hydrogen-bond acceptors (Lipinski definition) is 5. The molecule has 7 nitrogen and oxygen atoms in total. The summed E-state index contributed by atoms with van der Waals surface area (Å²) in [6.45, 7) is 0.644. The number of carbonyl (C=O) groups is 2. The number of hydrogen-bond donors (Lipinski definition) is 2. The molecule has 1 aliphatic rings. The summed E-state index contributed by atoms with van der Waals surface area (Å²) in [7, 11) is 1.60. The van der Waals surface area contributed by atoms with Crippen molar-refractivity contribution < 1.29 is 19.1 Å². The van der Waals surface area contributed by atoms with Crippen LogP contribution >= 0.6 is 0 Å². The second-order valence-electron chi connectivity index (χ2n) is 5.96. The molecule has 0 unspecified atom stereocenters. The fourth-order valence-electron chi connectivity index (χ4n) is 2.29. The Bertz CT molecular complexity index is 773. The number of nitrogens with zero attached hydrogens (tertiary/aromatic N) is 1. The van der Waals surface area contributed by atoms with Crippen LogP contribution in [0.1, 0.15) is 33.7 Å². The quantitative estimate of drug-likeness (QED) is 0.705. The van der Waals surface area contributed by atoms with E-state index in [0.29, 0.717) is 24.5 Å². The van der Waals surface area contributed by atoms with Crippen molar-refractivity contribution in [1.29, 1.82) is 0 Å². The first-order valence-electron chi connectivity index (χ1n) is 8.47. The maximum atomic E-state index is 12.2. The number of aromatic nitrogens is 1. The van der Waals surface area contributed by atoms with E-state index in [2.05, 4.69) is 15.6 Å². The topological polar surface area (TPSA) is 89.5 Å². The zero-order valence-electron chi connectivity index (χ0n) is 14.5. The lowest BCUT2D eigenvalue weighted by Gasteiger charge is -2.09. The molecular formula is C19H21N3O4. The fourth-order valence-corrected chi connectivity index (χ4v) is 2.29. The lowest BCUT2D eigenvalue weighted by atomic mass is 10.2. The molecule has 7 heteroatoms. The van der Waals surface area contributed by atoms with E-state index in [1.807, 2.05) is 0 Å². The minimum Gasteiger partial charge on any atom is -0.497 e. The second-order valence-corrected chi connectivity index (χ2v) is 5.96. The maximum absolute atomic E-state index is 12.2. The summed E-state index contributed by atoms with van der Waals surface area (Å²) in [6.07, 6.45) is 3.49. The zero-order valence-corrected chi connectivity index (χ0v) is 14.5. The van der Waals surface area contributed by atoms with Gasteiger partial charge < -0.3 is 20.1 Å². The molecule has 0 radical (unpaired) electrons. The van der Waals surface area contributed by atoms with Gasteiger partial charge >= 0.3 is 0 Å². The second kappa shape index (κ2) is 8.33. The zero-order chi connectivity index (χ0) is 18.4. The smallest absolute Gasteiger partial charge is 0.270 e. The lowest BCUT2D eigenvalue weighted by Crippen LogP contribution is -2.30. The van der Waals surface area contributed by atoms with Gasteiger partial charge in [-0.05, 0) is 49.2 Å². The predicted molar refractivity (Wildman–Crippen MR) is 95.5 cm³/mol. The van der Waals surface area contributed by atoms with Crippen molar-refractivity contribution in [3.63, 3.8) is 0 Å². The third-order valence-electron chi connectivity index (χ3n) is 3.88. The molecule has 136 valence electrons. The maximum Gasteiger partial charge on any atom is 0.270 e. The predicted octanol–water partition coefficient (Wildman–Crippen LogP) is 1.79. The van der Waals surface area contributed by atoms with E-state index in [4.69, 9.17) is 9.47 Å². The summed E-state index contributed by atoms with van der Waals surface area (Å²) in [6, 6.07) is 10.6. The molecule has 0 saturated heterocycles. The van der Waals surface area contributed by atoms with Gasteiger partial charge in [-0.15, -0.1) is 0 Å². The molecular weight excluding hydrogens is 334 g/mol. The summed E-state index contributed by atoms with van der Waals surface area (Å²) < 4.78 is 10.6. The average molecular weight is 355 g/mol. The first-order valence-corrected chi connectivity index (χ1v) is 8.47. The van der Waals surface area contributed by atoms with Crippen molar-refractivity contribution in [2.75, 3.05) is 20.3 Å². The summed E-state index contributed by atoms with van der Waals surface area (Å²) >= 11 is 0. The van der Waals surface area contributed by atoms with E-state index in [-0.39, 0.29) is 23.6 Å². The van der Waals surface area contributed by atoms with Gasteiger partial charge in [0.15, 0.2) is 0 Å². The Kier molecular flexibility index (Phi) is 5.68. The molecule has 0 atom stereocenters. The van der Waals surface area contributed by atoms with Gasteiger partial charge in [0.25, 0.3) is 11.8 Å². The van der Waals surface area contributed by atoms with Gasteiger partial charge in [0.2, 0.25) is 0 Å². The van der Waals surface area contributed by atoms with Gasteiger partial charge in [-0.25, -0.2) is 0 Å². The highest BCUT2D eigenvalue weighted by Gasteiger charge is 2.24. The van der Waals surface area contributed by atoms with E-state index < -0.39 is 0 Å². The number of amides is 2. The fraction of sp³-hybridized carbons (Fsp3) is 0.316. The third-order valence-corrected chi connectivity index (χ3v) is 3.88. The number of benzene rings is 1. The minimum atomic E-state index is -0.343. The molecule has 3 rings (SSSR count). The number of ether oxygens (including phenoxy) is 2. The van der Waals surface area contributed by atoms with Gasteiger partial charge in [-0.2, -0.15) is 0 Å². The van der Waals surface area contributed by atoms with Crippen LogP contribution in [-0.4, -0.2) is 43.1 Å². The van der Waals surface area contributed by atoms with Crippen LogP contribution in [0.25, 0.3) is 0 Å². The van der Waals surface area contributed by atoms with Gasteiger partial charge in [0.05, 0.1) is 13.7 Å². The summed E-state index contributed by atoms with van der Waals surface area (Å²) in [5.74, 6) is 0.926. The van der Waals surface area contributed by atoms with Gasteiger partial charge in [0, 0.05) is 17.8 Å². The molecule has 0 aliphatic heterocycles. The molecule has 2 amide bonds. The monoisotopic (exact) mass is 355 g/mol. The molecule has 2 aromatic rings. The van der Waals surface area contributed by atoms with E-state index in [0.717, 1.165) is 18.6 Å². The van der Waals surface area contributed by atoms with Gasteiger partial charge in [-0.3, -0.25) is 14.6 Å². The van der Waals surface area contributed by atoms with E-state index in [9.17, 15) is 9.59 Å². The number of carbonyl (C=O) groups excluding carboxylic acids is 2. The summed E-state index contributed by atoms with van der Waals surface area (Å²) in [5.41, 5.74) is 0.643. The van der Waals surface area contributed by atoms with Crippen LogP contribution in [0.2, 0.25) is 0 Å². The molecule has 2 N–H and O–H groups in total. The van der Waals surface area contributed by atoms with E-state index in [1.54, 1.807) is 37.4 Å². The number of methoxy groups -OCH3 is 1. The highest BCUT2D eigenvalue weighted by molar-refractivity contribution is 5.98. The largest absolute Gasteiger partial charge is 0.497 e. The normalized spacial score (nSPS) is 13.0. The summed E-state index contributed by atoms with van der Waals surface area (Å²) in [5, 5.41) is 5.62. The highest BCUT2D eigenvalue weighted by Crippen LogP contribution is 2.19. The van der Waals surface area contributed by atoms with Crippen molar-refractivity contribution in [2.24, 2.45) is 0 Å². The third kappa shape index (κ3) is 4.95. The first kappa shape index (κ1) is 17.7. The lowest BCUT2D eigenvalue weighted by molar-refractivity contribution is 0.0942. The van der Waals surface area contributed by atoms with Crippen LogP contribution in [0, 0.1) is 0 Å². The number of nitrogens with one attached hydrogen (secondary N) is 2. The van der Waals surface area contributed by atoms with Crippen LogP contribution < -0.4 is 20.1 Å². The molecule has 1 aromatic heterocycles. The van der Waals surface area contributed by atoms with Crippen molar-refractivity contribution in [3.05, 3.63) is 53.9 Å². The van der Waals surface area contributed by atoms with Gasteiger partial charge in [0.1, 0.15) is 23.8 Å². The van der Waals surface area contributed by atoms with Crippen LogP contribution in [0.5, 0.6) is 11.5 Å². The SMILES string of the molecule is COc1ccc(OCCNC(=O)c2cc(C(=O)NC3CC3)ccn2)cc1. The molecule has 0 spiro atoms. The Labute approximate surface area is 151 Å². The Balaban J connectivity index is 1.46. The minimum absolute atomic E-state index is 0.174. The number of pyridine rings is 1. The van der Waals surface area contributed by atoms with Crippen molar-refractivity contribution in [1.82, 2.24) is 15.6 Å². The van der Waals surface area contributed by atoms with Crippen LogP contribution in [-0.2, 0) is 0 Å². The highest BCUT2D eigenvalue weighted by atomic mass is 16.5. The molecule has 26 heavy (non-hydrogen) atoms. The van der Waals surface area contributed by atoms with Crippen LogP contribution in [0.4, 0.5) is 0 Å². The Hall–Kier alpha value is -3.09. The molecule has 1 aromatic carbocycles. The Morgan fingerprint density at radius 2 is 1.85 bits per heavy atom. The Morgan fingerprint density at radius 1 is 1.12 bits per heavy atom. The van der Waals surface area contributed by atoms with Crippen LogP contribution in [0.3, 0.4) is 0 Å². The molecule has 1 aliphatic carbocycles. The Morgan fingerprint density at radius 3 is 2.54 bits per heavy atom. The standard InChI is InChI=1S/C19H21N3O4/c1-25-15-4-6-16(7-5-15)26-11-10-21-19(24)17-12-13(8-9-20-17)18(23)22-14-2-3-14/h4-9,12,14H,2-3,10-11H2,1H3,(H,21,24)(H,22,23). The molecule has 0 bridgehead atoms. The van der Waals surface area contributed by atoms with Crippen molar-refractivity contribution in [2.45, 2.75) is 18.9 Å². The van der Waals surface area contributed by atoms with E-state index >= 15 is 0 Å².